The minimum absolute atomic E-state index is 0.822. The van der Waals surface area contributed by atoms with E-state index in [1.54, 1.807) is 5.01 Å². The molecule has 5 nitrogen and oxygen atoms in total. The molecular formula is C18H19N5. The number of benzene rings is 2. The summed E-state index contributed by atoms with van der Waals surface area (Å²) in [5, 5.41) is 9.78. The van der Waals surface area contributed by atoms with Crippen LogP contribution in [0, 0.1) is 0 Å². The SMILES string of the molecule is CN(C)N=Nc1ccc(-c2cn(Cc3ccccc3)cn2)cc1. The van der Waals surface area contributed by atoms with Gasteiger partial charge in [0.2, 0.25) is 0 Å². The molecule has 0 fully saturated rings. The van der Waals surface area contributed by atoms with Gasteiger partial charge in [-0.15, -0.1) is 5.11 Å². The van der Waals surface area contributed by atoms with Gasteiger partial charge in [-0.2, -0.15) is 0 Å². The van der Waals surface area contributed by atoms with Crippen LogP contribution in [-0.2, 0) is 6.54 Å². The molecule has 0 saturated heterocycles. The molecule has 0 spiro atoms. The number of hydrogen-bond acceptors (Lipinski definition) is 3. The van der Waals surface area contributed by atoms with Crippen molar-refractivity contribution >= 4 is 5.69 Å². The van der Waals surface area contributed by atoms with Crippen molar-refractivity contribution < 1.29 is 0 Å². The van der Waals surface area contributed by atoms with Gasteiger partial charge in [-0.1, -0.05) is 47.7 Å². The van der Waals surface area contributed by atoms with Crippen LogP contribution in [0.1, 0.15) is 5.56 Å². The summed E-state index contributed by atoms with van der Waals surface area (Å²) < 4.78 is 2.09. The Morgan fingerprint density at radius 2 is 1.74 bits per heavy atom. The molecule has 2 aromatic carbocycles. The number of imidazole rings is 1. The van der Waals surface area contributed by atoms with Gasteiger partial charge in [0.1, 0.15) is 0 Å². The van der Waals surface area contributed by atoms with Gasteiger partial charge < -0.3 is 4.57 Å². The molecule has 0 unspecified atom stereocenters. The lowest BCUT2D eigenvalue weighted by Gasteiger charge is -2.02. The summed E-state index contributed by atoms with van der Waals surface area (Å²) in [6.45, 7) is 0.822. The van der Waals surface area contributed by atoms with E-state index in [4.69, 9.17) is 0 Å². The van der Waals surface area contributed by atoms with E-state index in [-0.39, 0.29) is 0 Å². The summed E-state index contributed by atoms with van der Waals surface area (Å²) in [7, 11) is 3.69. The predicted octanol–water partition coefficient (Wildman–Crippen LogP) is 4.16. The number of nitrogens with zero attached hydrogens (tertiary/aromatic N) is 5. The second-order valence-electron chi connectivity index (χ2n) is 5.50. The van der Waals surface area contributed by atoms with Gasteiger partial charge in [-0.05, 0) is 17.7 Å². The molecule has 0 saturated carbocycles. The largest absolute Gasteiger partial charge is 0.332 e. The highest BCUT2D eigenvalue weighted by atomic mass is 15.5. The Bertz CT molecular complexity index is 773. The van der Waals surface area contributed by atoms with Gasteiger partial charge in [0.05, 0.1) is 17.7 Å². The average molecular weight is 305 g/mol. The third kappa shape index (κ3) is 4.03. The van der Waals surface area contributed by atoms with Gasteiger partial charge in [0.25, 0.3) is 0 Å². The maximum Gasteiger partial charge on any atom is 0.0956 e. The fraction of sp³-hybridized carbons (Fsp3) is 0.167. The van der Waals surface area contributed by atoms with Crippen molar-refractivity contribution in [3.05, 3.63) is 72.7 Å². The van der Waals surface area contributed by atoms with E-state index >= 15 is 0 Å². The Hall–Kier alpha value is -2.95. The summed E-state index contributed by atoms with van der Waals surface area (Å²) in [5.41, 5.74) is 4.11. The highest BCUT2D eigenvalue weighted by Crippen LogP contribution is 2.21. The standard InChI is InChI=1S/C18H19N5/c1-22(2)21-20-17-10-8-16(9-11-17)18-13-23(14-19-18)12-15-6-4-3-5-7-15/h3-11,13-14H,12H2,1-2H3. The van der Waals surface area contributed by atoms with E-state index in [2.05, 4.69) is 38.2 Å². The van der Waals surface area contributed by atoms with E-state index in [0.29, 0.717) is 0 Å². The van der Waals surface area contributed by atoms with Crippen molar-refractivity contribution in [1.82, 2.24) is 14.6 Å². The first-order valence-corrected chi connectivity index (χ1v) is 7.46. The second-order valence-corrected chi connectivity index (χ2v) is 5.50. The molecule has 23 heavy (non-hydrogen) atoms. The third-order valence-corrected chi connectivity index (χ3v) is 3.34. The molecule has 0 bridgehead atoms. The molecule has 0 amide bonds. The van der Waals surface area contributed by atoms with Crippen molar-refractivity contribution in [1.29, 1.82) is 0 Å². The Balaban J connectivity index is 1.72. The van der Waals surface area contributed by atoms with Gasteiger partial charge in [-0.25, -0.2) is 4.98 Å². The zero-order valence-corrected chi connectivity index (χ0v) is 13.3. The lowest BCUT2D eigenvalue weighted by Crippen LogP contribution is -1.98. The smallest absolute Gasteiger partial charge is 0.0956 e. The molecule has 0 atom stereocenters. The molecule has 0 aliphatic rings. The van der Waals surface area contributed by atoms with Gasteiger partial charge in [-0.3, -0.25) is 5.01 Å². The Labute approximate surface area is 135 Å². The summed E-state index contributed by atoms with van der Waals surface area (Å²) in [5.74, 6) is 0. The van der Waals surface area contributed by atoms with Crippen LogP contribution in [0.2, 0.25) is 0 Å². The minimum atomic E-state index is 0.822. The highest BCUT2D eigenvalue weighted by Gasteiger charge is 2.03. The van der Waals surface area contributed by atoms with E-state index < -0.39 is 0 Å². The van der Waals surface area contributed by atoms with Crippen LogP contribution in [0.3, 0.4) is 0 Å². The summed E-state index contributed by atoms with van der Waals surface area (Å²) in [6.07, 6.45) is 3.92. The molecule has 0 N–H and O–H groups in total. The first kappa shape index (κ1) is 15.0. The molecular weight excluding hydrogens is 286 g/mol. The molecule has 0 aliphatic heterocycles. The van der Waals surface area contributed by atoms with Gasteiger partial charge >= 0.3 is 0 Å². The van der Waals surface area contributed by atoms with Crippen molar-refractivity contribution in [3.8, 4) is 11.3 Å². The molecule has 3 aromatic rings. The first-order chi connectivity index (χ1) is 11.2. The molecule has 0 radical (unpaired) electrons. The van der Waals surface area contributed by atoms with Crippen LogP contribution >= 0.6 is 0 Å². The summed E-state index contributed by atoms with van der Waals surface area (Å²) in [4.78, 5) is 4.49. The quantitative estimate of drug-likeness (QED) is 0.525. The fourth-order valence-corrected chi connectivity index (χ4v) is 2.23. The molecule has 3 rings (SSSR count). The van der Waals surface area contributed by atoms with Crippen molar-refractivity contribution in [2.75, 3.05) is 14.1 Å². The first-order valence-electron chi connectivity index (χ1n) is 7.46. The van der Waals surface area contributed by atoms with Crippen LogP contribution in [0.4, 0.5) is 5.69 Å². The van der Waals surface area contributed by atoms with E-state index in [1.165, 1.54) is 5.56 Å². The Kier molecular flexibility index (Phi) is 4.47. The third-order valence-electron chi connectivity index (χ3n) is 3.34. The molecule has 116 valence electrons. The van der Waals surface area contributed by atoms with Crippen LogP contribution in [-0.4, -0.2) is 28.7 Å². The molecule has 1 aromatic heterocycles. The van der Waals surface area contributed by atoms with Crippen LogP contribution in [0.25, 0.3) is 11.3 Å². The van der Waals surface area contributed by atoms with E-state index in [1.807, 2.05) is 62.9 Å². The highest BCUT2D eigenvalue weighted by molar-refractivity contribution is 5.60. The van der Waals surface area contributed by atoms with Crippen molar-refractivity contribution in [2.45, 2.75) is 6.54 Å². The maximum absolute atomic E-state index is 4.49. The maximum atomic E-state index is 4.49. The number of hydrogen-bond donors (Lipinski definition) is 0. The Morgan fingerprint density at radius 3 is 2.43 bits per heavy atom. The Morgan fingerprint density at radius 1 is 1.00 bits per heavy atom. The summed E-state index contributed by atoms with van der Waals surface area (Å²) >= 11 is 0. The normalized spacial score (nSPS) is 11.0. The predicted molar refractivity (Wildman–Crippen MR) is 91.4 cm³/mol. The molecule has 5 heteroatoms. The number of aromatic nitrogens is 2. The summed E-state index contributed by atoms with van der Waals surface area (Å²) in [6, 6.07) is 18.3. The van der Waals surface area contributed by atoms with Gasteiger partial charge in [0, 0.05) is 32.4 Å². The van der Waals surface area contributed by atoms with E-state index in [0.717, 1.165) is 23.5 Å². The molecule has 1 heterocycles. The topological polar surface area (TPSA) is 45.8 Å². The lowest BCUT2D eigenvalue weighted by atomic mass is 10.1. The van der Waals surface area contributed by atoms with Crippen LogP contribution in [0.5, 0.6) is 0 Å². The van der Waals surface area contributed by atoms with Crippen LogP contribution < -0.4 is 0 Å². The van der Waals surface area contributed by atoms with Crippen molar-refractivity contribution in [2.24, 2.45) is 10.3 Å². The van der Waals surface area contributed by atoms with Gasteiger partial charge in [0.15, 0.2) is 0 Å². The van der Waals surface area contributed by atoms with E-state index in [9.17, 15) is 0 Å². The van der Waals surface area contributed by atoms with Crippen LogP contribution in [0.15, 0.2) is 77.5 Å². The fourth-order valence-electron chi connectivity index (χ4n) is 2.23. The molecule has 0 aliphatic carbocycles. The zero-order valence-electron chi connectivity index (χ0n) is 13.3. The average Bonchev–Trinajstić information content (AvgIpc) is 3.03. The monoisotopic (exact) mass is 305 g/mol. The minimum Gasteiger partial charge on any atom is -0.332 e. The van der Waals surface area contributed by atoms with Crippen molar-refractivity contribution in [3.63, 3.8) is 0 Å². The zero-order chi connectivity index (χ0) is 16.1. The second kappa shape index (κ2) is 6.87. The lowest BCUT2D eigenvalue weighted by molar-refractivity contribution is 0.408. The number of rotatable bonds is 5.